The number of carbonyl (C=O) groups excluding carboxylic acids is 1. The Morgan fingerprint density at radius 2 is 2.11 bits per heavy atom. The average Bonchev–Trinajstić information content (AvgIpc) is 2.72. The number of hydrazone groups is 1. The van der Waals surface area contributed by atoms with E-state index in [1.54, 1.807) is 30.3 Å². The first-order valence-electron chi connectivity index (χ1n) is 5.23. The summed E-state index contributed by atoms with van der Waals surface area (Å²) in [6.45, 7) is 0. The lowest BCUT2D eigenvalue weighted by molar-refractivity contribution is 0.0950. The molecule has 2 aromatic rings. The minimum absolute atomic E-state index is 0.103. The van der Waals surface area contributed by atoms with Crippen LogP contribution in [-0.2, 0) is 0 Å². The van der Waals surface area contributed by atoms with Crippen LogP contribution in [0, 0.1) is 0 Å². The first-order valence-corrected chi connectivity index (χ1v) is 6.82. The van der Waals surface area contributed by atoms with Crippen LogP contribution in [0.25, 0.3) is 0 Å². The Hall–Kier alpha value is -1.60. The van der Waals surface area contributed by atoms with Gasteiger partial charge in [-0.15, -0.1) is 0 Å². The molecule has 0 saturated heterocycles. The third-order valence-electron chi connectivity index (χ3n) is 2.28. The van der Waals surface area contributed by atoms with Gasteiger partial charge in [0.2, 0.25) is 0 Å². The Labute approximate surface area is 126 Å². The second-order valence-corrected chi connectivity index (χ2v) is 5.25. The van der Waals surface area contributed by atoms with Crippen LogP contribution in [0.5, 0.6) is 5.75 Å². The van der Waals surface area contributed by atoms with Gasteiger partial charge in [-0.2, -0.15) is 5.10 Å². The zero-order valence-electron chi connectivity index (χ0n) is 9.52. The predicted octanol–water partition coefficient (Wildman–Crippen LogP) is 3.01. The highest BCUT2D eigenvalue weighted by molar-refractivity contribution is 9.13. The molecule has 0 bridgehead atoms. The molecule has 1 amide bonds. The summed E-state index contributed by atoms with van der Waals surface area (Å²) in [6, 6.07) is 8.34. The number of rotatable bonds is 3. The molecule has 2 rings (SSSR count). The number of hydrogen-bond acceptors (Lipinski definition) is 3. The zero-order chi connectivity index (χ0) is 13.8. The number of aromatic amines is 1. The number of amides is 1. The van der Waals surface area contributed by atoms with Crippen molar-refractivity contribution in [2.24, 2.45) is 5.10 Å². The normalized spacial score (nSPS) is 10.8. The molecule has 0 unspecified atom stereocenters. The van der Waals surface area contributed by atoms with Crippen LogP contribution in [0.3, 0.4) is 0 Å². The second-order valence-electron chi connectivity index (χ2n) is 3.60. The number of phenolic OH excluding ortho intramolecular Hbond substituents is 1. The van der Waals surface area contributed by atoms with Gasteiger partial charge in [0.05, 0.1) is 15.3 Å². The molecule has 1 aromatic heterocycles. The molecular weight excluding hydrogens is 378 g/mol. The van der Waals surface area contributed by atoms with Gasteiger partial charge < -0.3 is 10.1 Å². The number of hydrogen-bond donors (Lipinski definition) is 3. The molecular formula is C12H9Br2N3O2. The molecule has 0 aliphatic heterocycles. The van der Waals surface area contributed by atoms with E-state index >= 15 is 0 Å². The van der Waals surface area contributed by atoms with Gasteiger partial charge in [-0.3, -0.25) is 4.79 Å². The van der Waals surface area contributed by atoms with E-state index in [1.807, 2.05) is 0 Å². The molecule has 1 heterocycles. The minimum Gasteiger partial charge on any atom is -0.507 e. The number of aromatic hydroxyl groups is 1. The Balaban J connectivity index is 2.03. The Kier molecular flexibility index (Phi) is 4.39. The van der Waals surface area contributed by atoms with Gasteiger partial charge in [-0.05, 0) is 50.1 Å². The first kappa shape index (κ1) is 13.8. The van der Waals surface area contributed by atoms with Crippen LogP contribution in [0.1, 0.15) is 16.1 Å². The molecule has 0 radical (unpaired) electrons. The summed E-state index contributed by atoms with van der Waals surface area (Å²) in [5, 5.41) is 13.3. The number of carbonyl (C=O) groups is 1. The van der Waals surface area contributed by atoms with E-state index in [0.717, 1.165) is 4.47 Å². The summed E-state index contributed by atoms with van der Waals surface area (Å²) in [4.78, 5) is 14.6. The number of aromatic nitrogens is 1. The lowest BCUT2D eigenvalue weighted by Crippen LogP contribution is -2.17. The predicted molar refractivity (Wildman–Crippen MR) is 79.4 cm³/mol. The molecule has 7 heteroatoms. The number of phenols is 1. The van der Waals surface area contributed by atoms with Crippen LogP contribution >= 0.6 is 31.9 Å². The van der Waals surface area contributed by atoms with Crippen LogP contribution in [0.4, 0.5) is 0 Å². The summed E-state index contributed by atoms with van der Waals surface area (Å²) in [5.41, 5.74) is 3.26. The Morgan fingerprint density at radius 3 is 2.74 bits per heavy atom. The van der Waals surface area contributed by atoms with E-state index in [0.29, 0.717) is 15.9 Å². The molecule has 0 aliphatic carbocycles. The van der Waals surface area contributed by atoms with Crippen molar-refractivity contribution in [3.05, 3.63) is 50.7 Å². The van der Waals surface area contributed by atoms with Gasteiger partial charge in [-0.25, -0.2) is 5.43 Å². The zero-order valence-corrected chi connectivity index (χ0v) is 12.7. The molecule has 98 valence electrons. The summed E-state index contributed by atoms with van der Waals surface area (Å²) in [7, 11) is 0. The van der Waals surface area contributed by atoms with Crippen molar-refractivity contribution < 1.29 is 9.90 Å². The summed E-state index contributed by atoms with van der Waals surface area (Å²) in [6.07, 6.45) is 1.38. The van der Waals surface area contributed by atoms with Gasteiger partial charge in [0.1, 0.15) is 11.4 Å². The topological polar surface area (TPSA) is 77.5 Å². The lowest BCUT2D eigenvalue weighted by Gasteiger charge is -1.98. The molecule has 0 atom stereocenters. The molecule has 3 N–H and O–H groups in total. The highest BCUT2D eigenvalue weighted by Gasteiger charge is 2.09. The highest BCUT2D eigenvalue weighted by Crippen LogP contribution is 2.22. The maximum atomic E-state index is 11.7. The molecule has 19 heavy (non-hydrogen) atoms. The fourth-order valence-electron chi connectivity index (χ4n) is 1.34. The Morgan fingerprint density at radius 1 is 1.37 bits per heavy atom. The number of nitrogens with one attached hydrogen (secondary N) is 2. The fraction of sp³-hybridized carbons (Fsp3) is 0. The number of para-hydroxylation sites is 1. The summed E-state index contributed by atoms with van der Waals surface area (Å²) < 4.78 is 1.43. The monoisotopic (exact) mass is 385 g/mol. The molecule has 0 saturated carbocycles. The van der Waals surface area contributed by atoms with Crippen LogP contribution < -0.4 is 5.43 Å². The van der Waals surface area contributed by atoms with Crippen molar-refractivity contribution >= 4 is 44.0 Å². The van der Waals surface area contributed by atoms with Gasteiger partial charge in [0, 0.05) is 5.56 Å². The summed E-state index contributed by atoms with van der Waals surface area (Å²) in [5.74, 6) is -0.274. The third-order valence-corrected chi connectivity index (χ3v) is 4.06. The molecule has 0 spiro atoms. The fourth-order valence-corrected chi connectivity index (χ4v) is 2.00. The maximum absolute atomic E-state index is 11.7. The van der Waals surface area contributed by atoms with E-state index in [2.05, 4.69) is 47.4 Å². The van der Waals surface area contributed by atoms with Gasteiger partial charge in [0.15, 0.2) is 0 Å². The van der Waals surface area contributed by atoms with Crippen molar-refractivity contribution in [1.82, 2.24) is 10.4 Å². The van der Waals surface area contributed by atoms with Crippen LogP contribution in [0.2, 0.25) is 0 Å². The van der Waals surface area contributed by atoms with Gasteiger partial charge >= 0.3 is 0 Å². The number of benzene rings is 1. The van der Waals surface area contributed by atoms with Crippen LogP contribution in [-0.4, -0.2) is 22.2 Å². The second kappa shape index (κ2) is 6.03. The van der Waals surface area contributed by atoms with Crippen molar-refractivity contribution in [1.29, 1.82) is 0 Å². The van der Waals surface area contributed by atoms with E-state index in [9.17, 15) is 9.90 Å². The SMILES string of the molecule is O=C(NN=Cc1ccccc1O)c1cc(Br)c(Br)[nH]1. The van der Waals surface area contributed by atoms with E-state index in [1.165, 1.54) is 6.21 Å². The Bertz CT molecular complexity index is 618. The first-order chi connectivity index (χ1) is 9.08. The standard InChI is InChI=1S/C12H9Br2N3O2/c13-8-5-9(16-11(8)14)12(19)17-15-6-7-3-1-2-4-10(7)18/h1-6,16,18H,(H,17,19). The molecule has 0 fully saturated rings. The van der Waals surface area contributed by atoms with Gasteiger partial charge in [0.25, 0.3) is 5.91 Å². The van der Waals surface area contributed by atoms with E-state index < -0.39 is 0 Å². The smallest absolute Gasteiger partial charge is 0.287 e. The largest absolute Gasteiger partial charge is 0.507 e. The minimum atomic E-state index is -0.377. The van der Waals surface area contributed by atoms with Crippen LogP contribution in [0.15, 0.2) is 44.5 Å². The molecule has 0 aliphatic rings. The number of H-pyrrole nitrogens is 1. The van der Waals surface area contributed by atoms with Crippen molar-refractivity contribution in [3.63, 3.8) is 0 Å². The number of halogens is 2. The van der Waals surface area contributed by atoms with Crippen molar-refractivity contribution in [2.45, 2.75) is 0 Å². The highest BCUT2D eigenvalue weighted by atomic mass is 79.9. The van der Waals surface area contributed by atoms with Gasteiger partial charge in [-0.1, -0.05) is 12.1 Å². The summed E-state index contributed by atoms with van der Waals surface area (Å²) >= 11 is 6.51. The van der Waals surface area contributed by atoms with Crippen molar-refractivity contribution in [3.8, 4) is 5.75 Å². The van der Waals surface area contributed by atoms with Crippen molar-refractivity contribution in [2.75, 3.05) is 0 Å². The van der Waals surface area contributed by atoms with E-state index in [-0.39, 0.29) is 11.7 Å². The average molecular weight is 387 g/mol. The lowest BCUT2D eigenvalue weighted by atomic mass is 10.2. The third kappa shape index (κ3) is 3.45. The quantitative estimate of drug-likeness (QED) is 0.560. The maximum Gasteiger partial charge on any atom is 0.287 e. The number of nitrogens with zero attached hydrogens (tertiary/aromatic N) is 1. The molecule has 1 aromatic carbocycles. The van der Waals surface area contributed by atoms with E-state index in [4.69, 9.17) is 0 Å². The molecule has 5 nitrogen and oxygen atoms in total.